The highest BCUT2D eigenvalue weighted by Gasteiger charge is 2.40. The van der Waals surface area contributed by atoms with Gasteiger partial charge in [-0.1, -0.05) is 5.92 Å². The number of benzene rings is 1. The van der Waals surface area contributed by atoms with Crippen LogP contribution in [0, 0.1) is 12.0 Å². The van der Waals surface area contributed by atoms with E-state index in [9.17, 15) is 9.59 Å². The average Bonchev–Trinajstić information content (AvgIpc) is 2.60. The third-order valence-electron chi connectivity index (χ3n) is 2.59. The molecular formula is C14H12O4. The molecule has 0 N–H and O–H groups in total. The Morgan fingerprint density at radius 1 is 1.22 bits per heavy atom. The van der Waals surface area contributed by atoms with Gasteiger partial charge < -0.3 is 9.47 Å². The summed E-state index contributed by atoms with van der Waals surface area (Å²) in [6.07, 6.45) is 1.17. The van der Waals surface area contributed by atoms with E-state index in [0.717, 1.165) is 0 Å². The normalized spacial score (nSPS) is 16.9. The van der Waals surface area contributed by atoms with Gasteiger partial charge in [0.2, 0.25) is 17.7 Å². The Morgan fingerprint density at radius 2 is 1.94 bits per heavy atom. The molecular weight excluding hydrogens is 232 g/mol. The van der Waals surface area contributed by atoms with Gasteiger partial charge in [-0.2, -0.15) is 0 Å². The lowest BCUT2D eigenvalue weighted by Crippen LogP contribution is -2.23. The number of Topliss-reactive ketones (excluding diaryl/α,β-unsaturated/α-hetero) is 2. The molecule has 0 radical (unpaired) electrons. The third-order valence-corrected chi connectivity index (χ3v) is 2.59. The number of carbonyl (C=O) groups excluding carboxylic acids is 2. The zero-order chi connectivity index (χ0) is 13.1. The van der Waals surface area contributed by atoms with Crippen LogP contribution in [0.2, 0.25) is 0 Å². The van der Waals surface area contributed by atoms with Crippen LogP contribution in [0.1, 0.15) is 34.6 Å². The molecule has 1 aromatic carbocycles. The molecule has 0 aliphatic heterocycles. The molecule has 92 valence electrons. The zero-order valence-corrected chi connectivity index (χ0v) is 10.1. The average molecular weight is 244 g/mol. The Bertz CT molecular complexity index is 563. The summed E-state index contributed by atoms with van der Waals surface area (Å²) in [5.41, 5.74) is 0.709. The molecule has 4 heteroatoms. The maximum atomic E-state index is 12.0. The molecule has 1 unspecified atom stereocenters. The summed E-state index contributed by atoms with van der Waals surface area (Å²) in [5.74, 6) is 2.35. The van der Waals surface area contributed by atoms with Crippen molar-refractivity contribution in [1.82, 2.24) is 0 Å². The number of ketones is 2. The summed E-state index contributed by atoms with van der Waals surface area (Å²) >= 11 is 0. The van der Waals surface area contributed by atoms with E-state index in [1.807, 2.05) is 6.92 Å². The standard InChI is InChI=1S/C14H12O4/c1-3-7-18-14-12(15)10-6-5-9(17-4-2)8-11(10)13(14)16/h5-6,8,14H,4H2,1-2H3. The fraction of sp³-hybridized carbons (Fsp3) is 0.286. The predicted octanol–water partition coefficient (Wildman–Crippen LogP) is 1.83. The fourth-order valence-electron chi connectivity index (χ4n) is 1.82. The van der Waals surface area contributed by atoms with Gasteiger partial charge in [0.15, 0.2) is 0 Å². The summed E-state index contributed by atoms with van der Waals surface area (Å²) < 4.78 is 10.3. The van der Waals surface area contributed by atoms with Crippen molar-refractivity contribution in [2.75, 3.05) is 6.61 Å². The van der Waals surface area contributed by atoms with E-state index < -0.39 is 6.10 Å². The molecule has 0 heterocycles. The van der Waals surface area contributed by atoms with Crippen LogP contribution in [0.5, 0.6) is 5.75 Å². The maximum Gasteiger partial charge on any atom is 0.235 e. The van der Waals surface area contributed by atoms with E-state index in [-0.39, 0.29) is 11.6 Å². The van der Waals surface area contributed by atoms with Gasteiger partial charge in [-0.3, -0.25) is 9.59 Å². The molecule has 4 nitrogen and oxygen atoms in total. The van der Waals surface area contributed by atoms with Crippen molar-refractivity contribution in [2.45, 2.75) is 20.0 Å². The second kappa shape index (κ2) is 4.92. The van der Waals surface area contributed by atoms with E-state index in [1.165, 1.54) is 0 Å². The number of fused-ring (bicyclic) bond motifs is 1. The molecule has 2 rings (SSSR count). The highest BCUT2D eigenvalue weighted by atomic mass is 16.5. The van der Waals surface area contributed by atoms with E-state index in [2.05, 4.69) is 12.0 Å². The molecule has 1 aromatic rings. The molecule has 0 amide bonds. The van der Waals surface area contributed by atoms with Gasteiger partial charge in [0, 0.05) is 18.1 Å². The Balaban J connectivity index is 2.35. The quantitative estimate of drug-likeness (QED) is 0.601. The number of hydrogen-bond acceptors (Lipinski definition) is 4. The van der Waals surface area contributed by atoms with Crippen LogP contribution in [0.4, 0.5) is 0 Å². The van der Waals surface area contributed by atoms with Gasteiger partial charge in [0.25, 0.3) is 0 Å². The fourth-order valence-corrected chi connectivity index (χ4v) is 1.82. The van der Waals surface area contributed by atoms with Crippen LogP contribution in [-0.4, -0.2) is 24.3 Å². The minimum absolute atomic E-state index is 0.342. The van der Waals surface area contributed by atoms with Crippen molar-refractivity contribution >= 4 is 11.6 Å². The topological polar surface area (TPSA) is 52.6 Å². The Labute approximate surface area is 105 Å². The monoisotopic (exact) mass is 244 g/mol. The van der Waals surface area contributed by atoms with E-state index >= 15 is 0 Å². The lowest BCUT2D eigenvalue weighted by molar-refractivity contribution is 0.0659. The number of hydrogen-bond donors (Lipinski definition) is 0. The van der Waals surface area contributed by atoms with Crippen molar-refractivity contribution in [1.29, 1.82) is 0 Å². The first kappa shape index (κ1) is 12.2. The van der Waals surface area contributed by atoms with Crippen molar-refractivity contribution in [3.63, 3.8) is 0 Å². The van der Waals surface area contributed by atoms with Crippen LogP contribution >= 0.6 is 0 Å². The second-order valence-corrected chi connectivity index (χ2v) is 3.72. The van der Waals surface area contributed by atoms with E-state index in [1.54, 1.807) is 25.1 Å². The van der Waals surface area contributed by atoms with Crippen molar-refractivity contribution < 1.29 is 19.1 Å². The Kier molecular flexibility index (Phi) is 3.33. The molecule has 0 saturated carbocycles. The van der Waals surface area contributed by atoms with Gasteiger partial charge in [0.1, 0.15) is 11.9 Å². The SMILES string of the molecule is CC#COC1C(=O)c2ccc(OCC)cc2C1=O. The molecule has 1 aliphatic carbocycles. The molecule has 18 heavy (non-hydrogen) atoms. The van der Waals surface area contributed by atoms with Crippen LogP contribution in [0.25, 0.3) is 0 Å². The predicted molar refractivity (Wildman–Crippen MR) is 64.6 cm³/mol. The third kappa shape index (κ3) is 1.95. The molecule has 0 spiro atoms. The highest BCUT2D eigenvalue weighted by molar-refractivity contribution is 6.28. The molecule has 0 bridgehead atoms. The molecule has 0 saturated heterocycles. The molecule has 1 aliphatic rings. The summed E-state index contributed by atoms with van der Waals surface area (Å²) in [4.78, 5) is 23.9. The van der Waals surface area contributed by atoms with Crippen LogP contribution in [0.15, 0.2) is 18.2 Å². The molecule has 0 aromatic heterocycles. The van der Waals surface area contributed by atoms with Crippen molar-refractivity contribution in [3.05, 3.63) is 29.3 Å². The van der Waals surface area contributed by atoms with Gasteiger partial charge in [-0.15, -0.1) is 0 Å². The van der Waals surface area contributed by atoms with Crippen molar-refractivity contribution in [2.24, 2.45) is 0 Å². The van der Waals surface area contributed by atoms with Crippen LogP contribution in [-0.2, 0) is 4.74 Å². The lowest BCUT2D eigenvalue weighted by atomic mass is 10.1. The first-order valence-corrected chi connectivity index (χ1v) is 5.61. The number of rotatable bonds is 3. The number of ether oxygens (including phenoxy) is 2. The minimum atomic E-state index is -1.13. The molecule has 0 fully saturated rings. The highest BCUT2D eigenvalue weighted by Crippen LogP contribution is 2.27. The van der Waals surface area contributed by atoms with E-state index in [4.69, 9.17) is 9.47 Å². The Morgan fingerprint density at radius 3 is 2.61 bits per heavy atom. The van der Waals surface area contributed by atoms with Gasteiger partial charge in [0.05, 0.1) is 6.61 Å². The summed E-state index contributed by atoms with van der Waals surface area (Å²) in [6, 6.07) is 4.83. The van der Waals surface area contributed by atoms with Crippen molar-refractivity contribution in [3.8, 4) is 17.8 Å². The van der Waals surface area contributed by atoms with Crippen LogP contribution < -0.4 is 4.74 Å². The second-order valence-electron chi connectivity index (χ2n) is 3.72. The summed E-state index contributed by atoms with van der Waals surface area (Å²) in [7, 11) is 0. The lowest BCUT2D eigenvalue weighted by Gasteiger charge is -2.03. The van der Waals surface area contributed by atoms with Gasteiger partial charge in [-0.05, 0) is 25.1 Å². The smallest absolute Gasteiger partial charge is 0.235 e. The van der Waals surface area contributed by atoms with E-state index in [0.29, 0.717) is 23.5 Å². The largest absolute Gasteiger partial charge is 0.494 e. The Hall–Kier alpha value is -2.28. The van der Waals surface area contributed by atoms with Gasteiger partial charge >= 0.3 is 0 Å². The first-order chi connectivity index (χ1) is 8.69. The number of carbonyl (C=O) groups is 2. The summed E-state index contributed by atoms with van der Waals surface area (Å²) in [5, 5.41) is 0. The zero-order valence-electron chi connectivity index (χ0n) is 10.1. The maximum absolute atomic E-state index is 12.0. The van der Waals surface area contributed by atoms with Crippen LogP contribution in [0.3, 0.4) is 0 Å². The minimum Gasteiger partial charge on any atom is -0.494 e. The summed E-state index contributed by atoms with van der Waals surface area (Å²) in [6.45, 7) is 3.93. The first-order valence-electron chi connectivity index (χ1n) is 5.61. The molecule has 1 atom stereocenters. The van der Waals surface area contributed by atoms with Gasteiger partial charge in [-0.25, -0.2) is 0 Å².